The first-order valence-corrected chi connectivity index (χ1v) is 5.91. The van der Waals surface area contributed by atoms with E-state index in [0.29, 0.717) is 24.2 Å². The van der Waals surface area contributed by atoms with Crippen molar-refractivity contribution < 1.29 is 9.59 Å². The summed E-state index contributed by atoms with van der Waals surface area (Å²) in [5.74, 6) is 0.645. The number of nitrogens with zero attached hydrogens (tertiary/aromatic N) is 4. The van der Waals surface area contributed by atoms with Crippen molar-refractivity contribution >= 4 is 12.6 Å². The van der Waals surface area contributed by atoms with Crippen molar-refractivity contribution in [1.82, 2.24) is 19.1 Å². The minimum atomic E-state index is 0.323. The van der Waals surface area contributed by atoms with E-state index in [0.717, 1.165) is 11.4 Å². The molecule has 0 bridgehead atoms. The summed E-state index contributed by atoms with van der Waals surface area (Å²) in [5, 5.41) is 0. The molecule has 0 saturated carbocycles. The van der Waals surface area contributed by atoms with Crippen LogP contribution in [0.4, 0.5) is 0 Å². The molecule has 1 aromatic carbocycles. The third kappa shape index (κ3) is 1.93. The van der Waals surface area contributed by atoms with Crippen LogP contribution < -0.4 is 0 Å². The molecule has 98 valence electrons. The van der Waals surface area contributed by atoms with Gasteiger partial charge in [0.25, 0.3) is 0 Å². The molecule has 0 radical (unpaired) electrons. The fraction of sp³-hybridized carbons (Fsp3) is 0. The molecule has 3 rings (SSSR count). The molecule has 0 aliphatic rings. The number of aldehydes is 2. The highest BCUT2D eigenvalue weighted by Crippen LogP contribution is 2.16. The molecule has 0 spiro atoms. The van der Waals surface area contributed by atoms with E-state index in [1.54, 1.807) is 33.9 Å². The minimum absolute atomic E-state index is 0.323. The van der Waals surface area contributed by atoms with E-state index in [4.69, 9.17) is 0 Å². The second kappa shape index (κ2) is 4.93. The zero-order chi connectivity index (χ0) is 13.9. The highest BCUT2D eigenvalue weighted by atomic mass is 16.1. The van der Waals surface area contributed by atoms with E-state index in [9.17, 15) is 9.59 Å². The van der Waals surface area contributed by atoms with Gasteiger partial charge in [-0.3, -0.25) is 18.7 Å². The molecular weight excluding hydrogens is 256 g/mol. The summed E-state index contributed by atoms with van der Waals surface area (Å²) in [5.41, 5.74) is 1.57. The number of rotatable bonds is 4. The van der Waals surface area contributed by atoms with Crippen molar-refractivity contribution in [3.05, 3.63) is 60.7 Å². The Morgan fingerprint density at radius 2 is 1.35 bits per heavy atom. The quantitative estimate of drug-likeness (QED) is 0.674. The maximum absolute atomic E-state index is 10.9. The third-order valence-electron chi connectivity index (χ3n) is 2.94. The summed E-state index contributed by atoms with van der Waals surface area (Å²) in [7, 11) is 0. The Morgan fingerprint density at radius 1 is 0.850 bits per heavy atom. The second-order valence-electron chi connectivity index (χ2n) is 4.07. The summed E-state index contributed by atoms with van der Waals surface area (Å²) < 4.78 is 3.35. The molecule has 2 aromatic heterocycles. The molecule has 3 aromatic rings. The number of benzene rings is 1. The zero-order valence-corrected chi connectivity index (χ0v) is 10.4. The van der Waals surface area contributed by atoms with Crippen LogP contribution in [0, 0.1) is 0 Å². The molecule has 6 heteroatoms. The molecular formula is C14H10N4O2. The van der Waals surface area contributed by atoms with Crippen molar-refractivity contribution in [2.75, 3.05) is 0 Å². The minimum Gasteiger partial charge on any atom is -0.298 e. The van der Waals surface area contributed by atoms with Gasteiger partial charge in [-0.25, -0.2) is 9.97 Å². The number of carbonyl (C=O) groups excluding carboxylic acids is 2. The summed E-state index contributed by atoms with van der Waals surface area (Å²) in [6.07, 6.45) is 7.92. The SMILES string of the molecule is O=Cc1nccn1-c1cccc(-n2ccnc2C=O)c1. The summed E-state index contributed by atoms with van der Waals surface area (Å²) in [6.45, 7) is 0. The number of imidazole rings is 2. The van der Waals surface area contributed by atoms with Gasteiger partial charge in [-0.05, 0) is 18.2 Å². The highest BCUT2D eigenvalue weighted by Gasteiger charge is 2.07. The molecule has 0 atom stereocenters. The first-order valence-electron chi connectivity index (χ1n) is 5.91. The van der Waals surface area contributed by atoms with Crippen LogP contribution in [-0.2, 0) is 0 Å². The van der Waals surface area contributed by atoms with Gasteiger partial charge in [-0.15, -0.1) is 0 Å². The Bertz CT molecular complexity index is 711. The van der Waals surface area contributed by atoms with Crippen LogP contribution in [0.15, 0.2) is 49.1 Å². The van der Waals surface area contributed by atoms with Crippen molar-refractivity contribution in [1.29, 1.82) is 0 Å². The smallest absolute Gasteiger partial charge is 0.185 e. The second-order valence-corrected chi connectivity index (χ2v) is 4.07. The number of aromatic nitrogens is 4. The van der Waals surface area contributed by atoms with Gasteiger partial charge in [-0.2, -0.15) is 0 Å². The Hall–Kier alpha value is -3.02. The van der Waals surface area contributed by atoms with E-state index in [-0.39, 0.29) is 0 Å². The molecule has 0 aliphatic carbocycles. The zero-order valence-electron chi connectivity index (χ0n) is 10.4. The lowest BCUT2D eigenvalue weighted by Crippen LogP contribution is -2.02. The Labute approximate surface area is 114 Å². The number of hydrogen-bond donors (Lipinski definition) is 0. The monoisotopic (exact) mass is 266 g/mol. The average Bonchev–Trinajstić information content (AvgIpc) is 3.15. The van der Waals surface area contributed by atoms with Crippen molar-refractivity contribution in [3.63, 3.8) is 0 Å². The normalized spacial score (nSPS) is 10.4. The average molecular weight is 266 g/mol. The van der Waals surface area contributed by atoms with E-state index in [1.807, 2.05) is 24.3 Å². The van der Waals surface area contributed by atoms with Crippen LogP contribution in [0.25, 0.3) is 11.4 Å². The molecule has 20 heavy (non-hydrogen) atoms. The van der Waals surface area contributed by atoms with Gasteiger partial charge in [0, 0.05) is 36.2 Å². The van der Waals surface area contributed by atoms with Gasteiger partial charge in [0.1, 0.15) is 0 Å². The fourth-order valence-corrected chi connectivity index (χ4v) is 2.03. The van der Waals surface area contributed by atoms with Crippen molar-refractivity contribution in [3.8, 4) is 11.4 Å². The first kappa shape index (κ1) is 12.0. The summed E-state index contributed by atoms with van der Waals surface area (Å²) >= 11 is 0. The van der Waals surface area contributed by atoms with E-state index >= 15 is 0 Å². The Kier molecular flexibility index (Phi) is 2.96. The Balaban J connectivity index is 2.11. The van der Waals surface area contributed by atoms with E-state index < -0.39 is 0 Å². The number of hydrogen-bond acceptors (Lipinski definition) is 4. The van der Waals surface area contributed by atoms with Gasteiger partial charge < -0.3 is 0 Å². The van der Waals surface area contributed by atoms with Gasteiger partial charge in [0.15, 0.2) is 24.2 Å². The maximum atomic E-state index is 10.9. The standard InChI is InChI=1S/C14H10N4O2/c19-9-13-15-4-6-17(13)11-2-1-3-12(8-11)18-7-5-16-14(18)10-20/h1-10H. The summed E-state index contributed by atoms with van der Waals surface area (Å²) in [6, 6.07) is 7.41. The number of carbonyl (C=O) groups is 2. The predicted molar refractivity (Wildman–Crippen MR) is 71.5 cm³/mol. The molecule has 6 nitrogen and oxygen atoms in total. The summed E-state index contributed by atoms with van der Waals surface area (Å²) in [4.78, 5) is 29.8. The maximum Gasteiger partial charge on any atom is 0.185 e. The first-order chi connectivity index (χ1) is 9.83. The van der Waals surface area contributed by atoms with Gasteiger partial charge in [0.05, 0.1) is 0 Å². The topological polar surface area (TPSA) is 69.8 Å². The van der Waals surface area contributed by atoms with Crippen LogP contribution in [0.2, 0.25) is 0 Å². The van der Waals surface area contributed by atoms with E-state index in [2.05, 4.69) is 9.97 Å². The third-order valence-corrected chi connectivity index (χ3v) is 2.94. The fourth-order valence-electron chi connectivity index (χ4n) is 2.03. The molecule has 2 heterocycles. The predicted octanol–water partition coefficient (Wildman–Crippen LogP) is 1.68. The van der Waals surface area contributed by atoms with Crippen LogP contribution in [0.1, 0.15) is 21.2 Å². The van der Waals surface area contributed by atoms with Crippen molar-refractivity contribution in [2.24, 2.45) is 0 Å². The lowest BCUT2D eigenvalue weighted by molar-refractivity contribution is 0.110. The van der Waals surface area contributed by atoms with E-state index in [1.165, 1.54) is 0 Å². The molecule has 0 aliphatic heterocycles. The molecule has 0 amide bonds. The lowest BCUT2D eigenvalue weighted by Gasteiger charge is -2.08. The van der Waals surface area contributed by atoms with Crippen molar-refractivity contribution in [2.45, 2.75) is 0 Å². The van der Waals surface area contributed by atoms with Crippen LogP contribution in [0.5, 0.6) is 0 Å². The van der Waals surface area contributed by atoms with Crippen LogP contribution >= 0.6 is 0 Å². The lowest BCUT2D eigenvalue weighted by atomic mass is 10.2. The molecule has 0 N–H and O–H groups in total. The Morgan fingerprint density at radius 3 is 1.80 bits per heavy atom. The largest absolute Gasteiger partial charge is 0.298 e. The molecule has 0 saturated heterocycles. The van der Waals surface area contributed by atoms with Gasteiger partial charge >= 0.3 is 0 Å². The van der Waals surface area contributed by atoms with Gasteiger partial charge in [-0.1, -0.05) is 6.07 Å². The van der Waals surface area contributed by atoms with Gasteiger partial charge in [0.2, 0.25) is 0 Å². The van der Waals surface area contributed by atoms with Crippen LogP contribution in [0.3, 0.4) is 0 Å². The molecule has 0 fully saturated rings. The molecule has 0 unspecified atom stereocenters. The van der Waals surface area contributed by atoms with Crippen LogP contribution in [-0.4, -0.2) is 31.7 Å². The highest BCUT2D eigenvalue weighted by molar-refractivity contribution is 5.72.